The maximum atomic E-state index is 14.2. The van der Waals surface area contributed by atoms with Crippen LogP contribution in [-0.2, 0) is 19.1 Å². The number of hydrogen-bond acceptors (Lipinski definition) is 5. The van der Waals surface area contributed by atoms with E-state index in [-0.39, 0.29) is 0 Å². The number of primary amides is 1. The molecule has 3 atom stereocenters. The Hall–Kier alpha value is -3.88. The number of hydrogen-bond donors (Lipinski definition) is 3. The molecule has 2 rings (SSSR count). The van der Waals surface area contributed by atoms with Gasteiger partial charge in [-0.05, 0) is 77.1 Å². The molecule has 4 amide bonds. The number of nitrogens with zero attached hydrogens (tertiary/aromatic N) is 1. The zero-order valence-electron chi connectivity index (χ0n) is 24.3. The highest BCUT2D eigenvalue weighted by Gasteiger charge is 2.39. The molecule has 0 spiro atoms. The molecular formula is C30H42N4O5. The van der Waals surface area contributed by atoms with Crippen molar-refractivity contribution in [2.45, 2.75) is 92.0 Å². The Morgan fingerprint density at radius 3 is 2.03 bits per heavy atom. The normalized spacial score (nSPS) is 13.5. The van der Waals surface area contributed by atoms with E-state index in [0.29, 0.717) is 17.7 Å². The molecule has 2 aromatic rings. The average Bonchev–Trinajstić information content (AvgIpc) is 2.82. The van der Waals surface area contributed by atoms with Crippen LogP contribution in [0, 0.1) is 20.8 Å². The fourth-order valence-electron chi connectivity index (χ4n) is 4.34. The van der Waals surface area contributed by atoms with Crippen molar-refractivity contribution < 1.29 is 23.9 Å². The number of para-hydroxylation sites is 1. The molecule has 212 valence electrons. The smallest absolute Gasteiger partial charge is 0.408 e. The van der Waals surface area contributed by atoms with Gasteiger partial charge in [-0.3, -0.25) is 14.4 Å². The van der Waals surface area contributed by atoms with E-state index in [9.17, 15) is 19.2 Å². The van der Waals surface area contributed by atoms with Crippen molar-refractivity contribution in [1.29, 1.82) is 0 Å². The fraction of sp³-hybridized carbons (Fsp3) is 0.467. The van der Waals surface area contributed by atoms with Gasteiger partial charge in [0.15, 0.2) is 0 Å². The topological polar surface area (TPSA) is 131 Å². The first-order chi connectivity index (χ1) is 18.2. The number of rotatable bonds is 10. The third-order valence-corrected chi connectivity index (χ3v) is 6.45. The minimum atomic E-state index is -1.33. The zero-order chi connectivity index (χ0) is 29.5. The molecule has 0 fully saturated rings. The molecule has 9 nitrogen and oxygen atoms in total. The van der Waals surface area contributed by atoms with Crippen LogP contribution >= 0.6 is 0 Å². The summed E-state index contributed by atoms with van der Waals surface area (Å²) < 4.78 is 5.33. The van der Waals surface area contributed by atoms with Gasteiger partial charge in [-0.2, -0.15) is 0 Å². The van der Waals surface area contributed by atoms with Crippen LogP contribution < -0.4 is 16.4 Å². The van der Waals surface area contributed by atoms with Crippen molar-refractivity contribution in [1.82, 2.24) is 10.2 Å². The molecule has 2 aromatic carbocycles. The number of carbonyl (C=O) groups excluding carboxylic acids is 4. The van der Waals surface area contributed by atoms with Gasteiger partial charge in [0, 0.05) is 11.7 Å². The molecule has 0 saturated carbocycles. The van der Waals surface area contributed by atoms with Gasteiger partial charge in [0.25, 0.3) is 5.91 Å². The number of nitrogens with one attached hydrogen (secondary N) is 2. The lowest BCUT2D eigenvalue weighted by molar-refractivity contribution is -0.144. The Kier molecular flexibility index (Phi) is 10.7. The molecule has 0 bridgehead atoms. The van der Waals surface area contributed by atoms with E-state index >= 15 is 0 Å². The summed E-state index contributed by atoms with van der Waals surface area (Å²) in [6.45, 7) is 14.5. The van der Waals surface area contributed by atoms with Gasteiger partial charge >= 0.3 is 6.09 Å². The van der Waals surface area contributed by atoms with E-state index in [2.05, 4.69) is 10.6 Å². The predicted molar refractivity (Wildman–Crippen MR) is 152 cm³/mol. The molecule has 0 heterocycles. The lowest BCUT2D eigenvalue weighted by Gasteiger charge is -2.38. The van der Waals surface area contributed by atoms with Gasteiger partial charge in [-0.1, -0.05) is 49.4 Å². The minimum absolute atomic E-state index is 0.412. The molecule has 9 heteroatoms. The van der Waals surface area contributed by atoms with Crippen LogP contribution in [0.4, 0.5) is 10.5 Å². The molecule has 39 heavy (non-hydrogen) atoms. The van der Waals surface area contributed by atoms with Gasteiger partial charge in [-0.25, -0.2) is 4.79 Å². The number of aryl methyl sites for hydroxylation is 3. The molecule has 4 N–H and O–H groups in total. The second kappa shape index (κ2) is 13.3. The molecular weight excluding hydrogens is 496 g/mol. The number of alkyl carbamates (subject to hydrolysis) is 1. The summed E-state index contributed by atoms with van der Waals surface area (Å²) in [5, 5.41) is 5.54. The van der Waals surface area contributed by atoms with Crippen molar-refractivity contribution in [3.05, 3.63) is 64.7 Å². The van der Waals surface area contributed by atoms with Crippen molar-refractivity contribution >= 4 is 29.5 Å². The lowest BCUT2D eigenvalue weighted by atomic mass is 9.95. The molecule has 0 aromatic heterocycles. The Morgan fingerprint density at radius 1 is 0.949 bits per heavy atom. The van der Waals surface area contributed by atoms with Crippen LogP contribution in [0.15, 0.2) is 42.5 Å². The van der Waals surface area contributed by atoms with E-state index in [0.717, 1.165) is 16.7 Å². The Bertz CT molecular complexity index is 1180. The largest absolute Gasteiger partial charge is 0.444 e. The van der Waals surface area contributed by atoms with E-state index < -0.39 is 54.0 Å². The number of benzene rings is 2. The van der Waals surface area contributed by atoms with E-state index in [4.69, 9.17) is 10.5 Å². The van der Waals surface area contributed by atoms with Crippen LogP contribution in [0.3, 0.4) is 0 Å². The second-order valence-corrected chi connectivity index (χ2v) is 10.9. The van der Waals surface area contributed by atoms with Crippen LogP contribution in [0.5, 0.6) is 0 Å². The van der Waals surface area contributed by atoms with Gasteiger partial charge in [-0.15, -0.1) is 0 Å². The first kappa shape index (κ1) is 31.3. The minimum Gasteiger partial charge on any atom is -0.444 e. The van der Waals surface area contributed by atoms with Crippen molar-refractivity contribution in [2.75, 3.05) is 5.32 Å². The Balaban J connectivity index is 2.63. The first-order valence-electron chi connectivity index (χ1n) is 13.2. The molecule has 0 radical (unpaired) electrons. The number of amides is 4. The van der Waals surface area contributed by atoms with Crippen molar-refractivity contribution in [3.63, 3.8) is 0 Å². The summed E-state index contributed by atoms with van der Waals surface area (Å²) in [5.41, 5.74) is 8.51. The molecule has 0 aliphatic rings. The Morgan fingerprint density at radius 2 is 1.51 bits per heavy atom. The number of ether oxygens (including phenoxy) is 1. The van der Waals surface area contributed by atoms with Crippen molar-refractivity contribution in [2.24, 2.45) is 5.73 Å². The summed E-state index contributed by atoms with van der Waals surface area (Å²) in [4.78, 5) is 54.3. The van der Waals surface area contributed by atoms with Crippen LogP contribution in [0.1, 0.15) is 75.8 Å². The van der Waals surface area contributed by atoms with Crippen LogP contribution in [-0.4, -0.2) is 46.4 Å². The zero-order valence-corrected chi connectivity index (χ0v) is 24.3. The summed E-state index contributed by atoms with van der Waals surface area (Å²) >= 11 is 0. The summed E-state index contributed by atoms with van der Waals surface area (Å²) in [6.07, 6.45) is -0.802. The quantitative estimate of drug-likeness (QED) is 0.404. The SMILES string of the molecule is CCC(C)N(C(=O)C(CC(N)=O)NC(=O)OC(C)(C)C)C(C(=O)Nc1c(C)cccc1C)c1ccccc1C. The van der Waals surface area contributed by atoms with Gasteiger partial charge in [0.2, 0.25) is 11.8 Å². The standard InChI is InChI=1S/C30H42N4O5/c1-9-21(5)34(28(37)23(17-24(31)35)32-29(38)39-30(6,7)8)26(22-16-11-10-13-18(22)2)27(36)33-25-19(3)14-12-15-20(25)4/h10-16,21,23,26H,9,17H2,1-8H3,(H2,31,35)(H,32,38)(H,33,36). The van der Waals surface area contributed by atoms with E-state index in [1.807, 2.05) is 65.0 Å². The van der Waals surface area contributed by atoms with Gasteiger partial charge in [0.1, 0.15) is 17.7 Å². The lowest BCUT2D eigenvalue weighted by Crippen LogP contribution is -2.55. The van der Waals surface area contributed by atoms with Crippen LogP contribution in [0.25, 0.3) is 0 Å². The highest BCUT2D eigenvalue weighted by atomic mass is 16.6. The molecule has 0 saturated heterocycles. The maximum Gasteiger partial charge on any atom is 0.408 e. The fourth-order valence-corrected chi connectivity index (χ4v) is 4.34. The van der Waals surface area contributed by atoms with Crippen LogP contribution in [0.2, 0.25) is 0 Å². The summed E-state index contributed by atoms with van der Waals surface area (Å²) in [7, 11) is 0. The second-order valence-electron chi connectivity index (χ2n) is 10.9. The third kappa shape index (κ3) is 8.56. The average molecular weight is 539 g/mol. The Labute approximate surface area is 231 Å². The molecule has 3 unspecified atom stereocenters. The van der Waals surface area contributed by atoms with Gasteiger partial charge < -0.3 is 26.0 Å². The highest BCUT2D eigenvalue weighted by Crippen LogP contribution is 2.31. The summed E-state index contributed by atoms with van der Waals surface area (Å²) in [5.74, 6) is -1.80. The number of nitrogens with two attached hydrogens (primary N) is 1. The van der Waals surface area contributed by atoms with Gasteiger partial charge in [0.05, 0.1) is 6.42 Å². The van der Waals surface area contributed by atoms with Crippen molar-refractivity contribution in [3.8, 4) is 0 Å². The third-order valence-electron chi connectivity index (χ3n) is 6.45. The predicted octanol–water partition coefficient (Wildman–Crippen LogP) is 4.69. The van der Waals surface area contributed by atoms with E-state index in [1.165, 1.54) is 4.90 Å². The van der Waals surface area contributed by atoms with E-state index in [1.54, 1.807) is 32.9 Å². The first-order valence-corrected chi connectivity index (χ1v) is 13.2. The number of carbonyl (C=O) groups is 4. The molecule has 0 aliphatic carbocycles. The maximum absolute atomic E-state index is 14.2. The molecule has 0 aliphatic heterocycles. The highest BCUT2D eigenvalue weighted by molar-refractivity contribution is 6.00. The number of anilines is 1. The monoisotopic (exact) mass is 538 g/mol. The summed E-state index contributed by atoms with van der Waals surface area (Å²) in [6, 6.07) is 10.2.